The molecule has 6 heteroatoms. The van der Waals surface area contributed by atoms with Gasteiger partial charge in [0, 0.05) is 0 Å². The van der Waals surface area contributed by atoms with Crippen LogP contribution in [0.25, 0.3) is 0 Å². The van der Waals surface area contributed by atoms with Crippen LogP contribution >= 0.6 is 0 Å². The highest BCUT2D eigenvalue weighted by Crippen LogP contribution is 2.22. The molecule has 0 N–H and O–H groups in total. The Labute approximate surface area is 116 Å². The number of carbonyl (C=O) groups excluding carboxylic acids is 3. The number of esters is 1. The highest BCUT2D eigenvalue weighted by Gasteiger charge is 2.47. The molecule has 2 rings (SSSR count). The molecule has 0 aromatic heterocycles. The number of ether oxygens (including phenoxy) is 2. The first-order chi connectivity index (χ1) is 9.50. The number of cyclic esters (lactones) is 2. The lowest BCUT2D eigenvalue weighted by Crippen LogP contribution is -2.43. The summed E-state index contributed by atoms with van der Waals surface area (Å²) in [6, 6.07) is 8.13. The second kappa shape index (κ2) is 5.73. The van der Waals surface area contributed by atoms with E-state index in [0.717, 1.165) is 10.5 Å². The van der Waals surface area contributed by atoms with E-state index in [1.54, 1.807) is 26.0 Å². The van der Waals surface area contributed by atoms with E-state index in [1.807, 2.05) is 18.2 Å². The Kier molecular flexibility index (Phi) is 4.02. The molecular weight excluding hydrogens is 262 g/mol. The van der Waals surface area contributed by atoms with Crippen molar-refractivity contribution in [1.82, 2.24) is 4.90 Å². The standard InChI is InChI=1S/C14H15NO5/c1-9(2)11-12(16)20-14(18)15(11)13(17)19-8-10-6-4-3-5-7-10/h3-7,9,11H,8H2,1-2H3. The third kappa shape index (κ3) is 2.79. The molecule has 1 aliphatic heterocycles. The average Bonchev–Trinajstić information content (AvgIpc) is 2.72. The Bertz CT molecular complexity index is 526. The molecule has 2 amide bonds. The topological polar surface area (TPSA) is 72.9 Å². The van der Waals surface area contributed by atoms with E-state index < -0.39 is 24.2 Å². The van der Waals surface area contributed by atoms with Gasteiger partial charge in [-0.05, 0) is 11.5 Å². The first-order valence-electron chi connectivity index (χ1n) is 6.26. The molecule has 1 aromatic carbocycles. The SMILES string of the molecule is CC(C)C1C(=O)OC(=O)N1C(=O)OCc1ccccc1. The van der Waals surface area contributed by atoms with Crippen molar-refractivity contribution in [2.24, 2.45) is 5.92 Å². The zero-order valence-corrected chi connectivity index (χ0v) is 11.2. The molecule has 1 atom stereocenters. The van der Waals surface area contributed by atoms with Crippen LogP contribution in [0.3, 0.4) is 0 Å². The smallest absolute Gasteiger partial charge is 0.427 e. The molecule has 1 unspecified atom stereocenters. The van der Waals surface area contributed by atoms with Crippen LogP contribution in [0.2, 0.25) is 0 Å². The Balaban J connectivity index is 2.04. The maximum Gasteiger partial charge on any atom is 0.427 e. The molecule has 1 saturated heterocycles. The van der Waals surface area contributed by atoms with Gasteiger partial charge in [0.2, 0.25) is 0 Å². The predicted molar refractivity (Wildman–Crippen MR) is 68.6 cm³/mol. The summed E-state index contributed by atoms with van der Waals surface area (Å²) in [6.07, 6.45) is -1.85. The van der Waals surface area contributed by atoms with Gasteiger partial charge in [0.25, 0.3) is 0 Å². The third-order valence-electron chi connectivity index (χ3n) is 2.94. The molecule has 1 aromatic rings. The van der Waals surface area contributed by atoms with E-state index in [1.165, 1.54) is 0 Å². The van der Waals surface area contributed by atoms with E-state index in [2.05, 4.69) is 4.74 Å². The van der Waals surface area contributed by atoms with Crippen LogP contribution in [0.15, 0.2) is 30.3 Å². The monoisotopic (exact) mass is 277 g/mol. The van der Waals surface area contributed by atoms with Crippen molar-refractivity contribution in [3.8, 4) is 0 Å². The number of nitrogens with zero attached hydrogens (tertiary/aromatic N) is 1. The first-order valence-corrected chi connectivity index (χ1v) is 6.26. The van der Waals surface area contributed by atoms with Gasteiger partial charge in [0.05, 0.1) is 0 Å². The zero-order chi connectivity index (χ0) is 14.7. The molecule has 0 radical (unpaired) electrons. The molecule has 0 saturated carbocycles. The third-order valence-corrected chi connectivity index (χ3v) is 2.94. The average molecular weight is 277 g/mol. The molecule has 0 spiro atoms. The van der Waals surface area contributed by atoms with Gasteiger partial charge in [0.1, 0.15) is 12.6 Å². The lowest BCUT2D eigenvalue weighted by Gasteiger charge is -2.20. The van der Waals surface area contributed by atoms with E-state index in [-0.39, 0.29) is 12.5 Å². The highest BCUT2D eigenvalue weighted by atomic mass is 16.6. The van der Waals surface area contributed by atoms with Crippen LogP contribution in [0.1, 0.15) is 19.4 Å². The fourth-order valence-corrected chi connectivity index (χ4v) is 1.96. The Hall–Kier alpha value is -2.37. The number of imide groups is 1. The van der Waals surface area contributed by atoms with Crippen molar-refractivity contribution in [2.45, 2.75) is 26.5 Å². The fourth-order valence-electron chi connectivity index (χ4n) is 1.96. The van der Waals surface area contributed by atoms with Crippen molar-refractivity contribution in [3.63, 3.8) is 0 Å². The second-order valence-electron chi connectivity index (χ2n) is 4.79. The fraction of sp³-hybridized carbons (Fsp3) is 0.357. The maximum absolute atomic E-state index is 11.9. The minimum Gasteiger partial charge on any atom is -0.444 e. The van der Waals surface area contributed by atoms with Gasteiger partial charge in [0.15, 0.2) is 0 Å². The first kappa shape index (κ1) is 14.0. The zero-order valence-electron chi connectivity index (χ0n) is 11.2. The van der Waals surface area contributed by atoms with Gasteiger partial charge in [-0.3, -0.25) is 0 Å². The quantitative estimate of drug-likeness (QED) is 0.626. The number of amides is 2. The number of carbonyl (C=O) groups is 3. The molecule has 1 fully saturated rings. The Morgan fingerprint density at radius 1 is 1.30 bits per heavy atom. The van der Waals surface area contributed by atoms with Gasteiger partial charge in [-0.1, -0.05) is 44.2 Å². The summed E-state index contributed by atoms with van der Waals surface area (Å²) in [6.45, 7) is 3.48. The Morgan fingerprint density at radius 3 is 2.55 bits per heavy atom. The number of hydrogen-bond acceptors (Lipinski definition) is 5. The van der Waals surface area contributed by atoms with Crippen molar-refractivity contribution in [2.75, 3.05) is 0 Å². The normalized spacial score (nSPS) is 18.4. The lowest BCUT2D eigenvalue weighted by molar-refractivity contribution is -0.136. The Morgan fingerprint density at radius 2 is 1.95 bits per heavy atom. The van der Waals surface area contributed by atoms with Crippen LogP contribution in [0.4, 0.5) is 9.59 Å². The van der Waals surface area contributed by atoms with E-state index in [0.29, 0.717) is 0 Å². The summed E-state index contributed by atoms with van der Waals surface area (Å²) in [5.74, 6) is -0.958. The molecule has 6 nitrogen and oxygen atoms in total. The molecule has 0 aliphatic carbocycles. The van der Waals surface area contributed by atoms with Crippen molar-refractivity contribution >= 4 is 18.2 Å². The van der Waals surface area contributed by atoms with Gasteiger partial charge in [-0.15, -0.1) is 0 Å². The summed E-state index contributed by atoms with van der Waals surface area (Å²) in [5, 5.41) is 0. The van der Waals surface area contributed by atoms with Crippen molar-refractivity contribution in [1.29, 1.82) is 0 Å². The highest BCUT2D eigenvalue weighted by molar-refractivity contribution is 6.03. The number of rotatable bonds is 3. The van der Waals surface area contributed by atoms with Gasteiger partial charge < -0.3 is 9.47 Å². The van der Waals surface area contributed by atoms with Gasteiger partial charge in [-0.25, -0.2) is 14.4 Å². The van der Waals surface area contributed by atoms with Crippen molar-refractivity contribution in [3.05, 3.63) is 35.9 Å². The number of hydrogen-bond donors (Lipinski definition) is 0. The molecule has 20 heavy (non-hydrogen) atoms. The largest absolute Gasteiger partial charge is 0.444 e. The van der Waals surface area contributed by atoms with Crippen LogP contribution in [0.5, 0.6) is 0 Å². The van der Waals surface area contributed by atoms with Crippen molar-refractivity contribution < 1.29 is 23.9 Å². The molecule has 0 bridgehead atoms. The van der Waals surface area contributed by atoms with E-state index in [4.69, 9.17) is 4.74 Å². The lowest BCUT2D eigenvalue weighted by atomic mass is 10.0. The second-order valence-corrected chi connectivity index (χ2v) is 4.79. The number of benzene rings is 1. The molecule has 1 aliphatic rings. The van der Waals surface area contributed by atoms with Crippen LogP contribution < -0.4 is 0 Å². The molecule has 1 heterocycles. The molecular formula is C14H15NO5. The van der Waals surface area contributed by atoms with E-state index >= 15 is 0 Å². The minimum atomic E-state index is -0.980. The summed E-state index contributed by atoms with van der Waals surface area (Å²) >= 11 is 0. The van der Waals surface area contributed by atoms with Crippen LogP contribution in [-0.2, 0) is 20.9 Å². The summed E-state index contributed by atoms with van der Waals surface area (Å²) in [5.41, 5.74) is 0.792. The predicted octanol–water partition coefficient (Wildman–Crippen LogP) is 2.33. The van der Waals surface area contributed by atoms with E-state index in [9.17, 15) is 14.4 Å². The van der Waals surface area contributed by atoms with Gasteiger partial charge >= 0.3 is 18.2 Å². The van der Waals surface area contributed by atoms with Crippen LogP contribution in [0, 0.1) is 5.92 Å². The summed E-state index contributed by atoms with van der Waals surface area (Å²) in [7, 11) is 0. The maximum atomic E-state index is 11.9. The minimum absolute atomic E-state index is 0.0302. The molecule has 106 valence electrons. The van der Waals surface area contributed by atoms with Crippen LogP contribution in [-0.4, -0.2) is 29.1 Å². The summed E-state index contributed by atoms with van der Waals surface area (Å²) in [4.78, 5) is 35.7. The van der Waals surface area contributed by atoms with Gasteiger partial charge in [-0.2, -0.15) is 4.90 Å². The summed E-state index contributed by atoms with van der Waals surface area (Å²) < 4.78 is 9.51.